The third-order valence-electron chi connectivity index (χ3n) is 4.26. The largest absolute Gasteiger partial charge is 0.490 e. The second kappa shape index (κ2) is 8.93. The Morgan fingerprint density at radius 2 is 1.87 bits per heavy atom. The second-order valence-corrected chi connectivity index (χ2v) is 10.9. The van der Waals surface area contributed by atoms with E-state index in [-0.39, 0.29) is 5.92 Å². The fraction of sp³-hybridized carbons (Fsp3) is 0.583. The zero-order chi connectivity index (χ0) is 23.0. The molecule has 1 aliphatic heterocycles. The number of phosphoric acid groups is 3. The van der Waals surface area contributed by atoms with Gasteiger partial charge in [-0.1, -0.05) is 6.92 Å². The van der Waals surface area contributed by atoms with E-state index in [2.05, 4.69) is 33.4 Å². The molecule has 19 heteroatoms. The lowest BCUT2D eigenvalue weighted by Gasteiger charge is -2.19. The third-order valence-corrected chi connectivity index (χ3v) is 8.07. The number of rotatable bonds is 9. The van der Waals surface area contributed by atoms with Crippen molar-refractivity contribution in [2.75, 3.05) is 19.0 Å². The molecule has 0 aliphatic carbocycles. The molecule has 5 N–H and O–H groups in total. The van der Waals surface area contributed by atoms with Crippen LogP contribution in [-0.4, -0.2) is 58.9 Å². The normalized spacial score (nSPS) is 25.9. The fourth-order valence-corrected chi connectivity index (χ4v) is 5.99. The van der Waals surface area contributed by atoms with Crippen LogP contribution in [-0.2, 0) is 31.6 Å². The van der Waals surface area contributed by atoms with Crippen LogP contribution in [0.15, 0.2) is 12.7 Å². The lowest BCUT2D eigenvalue weighted by Crippen LogP contribution is -2.20. The van der Waals surface area contributed by atoms with Crippen molar-refractivity contribution in [2.24, 2.45) is 5.92 Å². The van der Waals surface area contributed by atoms with Crippen LogP contribution < -0.4 is 5.32 Å². The average Bonchev–Trinajstić information content (AvgIpc) is 3.19. The maximum absolute atomic E-state index is 11.9. The summed E-state index contributed by atoms with van der Waals surface area (Å²) in [5.41, 5.74) is 1.03. The Morgan fingerprint density at radius 3 is 2.52 bits per heavy atom. The lowest BCUT2D eigenvalue weighted by molar-refractivity contribution is -0.0273. The van der Waals surface area contributed by atoms with Gasteiger partial charge >= 0.3 is 23.5 Å². The number of nitrogens with one attached hydrogen (secondary N) is 1. The van der Waals surface area contributed by atoms with Crippen molar-refractivity contribution in [3.05, 3.63) is 12.7 Å². The van der Waals surface area contributed by atoms with Gasteiger partial charge in [0.2, 0.25) is 0 Å². The van der Waals surface area contributed by atoms with Crippen LogP contribution >= 0.6 is 23.5 Å². The molecule has 0 amide bonds. The molecule has 1 aliphatic rings. The molecule has 3 rings (SSSR count). The van der Waals surface area contributed by atoms with Crippen LogP contribution in [0.25, 0.3) is 11.2 Å². The molecule has 3 heterocycles. The van der Waals surface area contributed by atoms with E-state index in [4.69, 9.17) is 14.5 Å². The van der Waals surface area contributed by atoms with Crippen molar-refractivity contribution in [3.63, 3.8) is 0 Å². The summed E-state index contributed by atoms with van der Waals surface area (Å²) >= 11 is 0. The molecule has 5 unspecified atom stereocenters. The van der Waals surface area contributed by atoms with E-state index < -0.39 is 42.4 Å². The smallest absolute Gasteiger partial charge is 0.371 e. The maximum atomic E-state index is 11.9. The second-order valence-electron chi connectivity index (χ2n) is 6.53. The van der Waals surface area contributed by atoms with E-state index in [0.29, 0.717) is 23.4 Å². The van der Waals surface area contributed by atoms with Crippen LogP contribution in [0.5, 0.6) is 0 Å². The Morgan fingerprint density at radius 1 is 1.16 bits per heavy atom. The minimum Gasteiger partial charge on any atom is -0.371 e. The first-order chi connectivity index (χ1) is 14.3. The van der Waals surface area contributed by atoms with Crippen molar-refractivity contribution < 1.29 is 51.2 Å². The minimum absolute atomic E-state index is 0.180. The van der Waals surface area contributed by atoms with Crippen LogP contribution in [0.4, 0.5) is 5.82 Å². The SMILES string of the molecule is CNc1ncnc2c1ncn2C1CC(C)C(COP(=O)(O)OP(=O)(O)OP(=O)(O)O)O1. The van der Waals surface area contributed by atoms with E-state index in [9.17, 15) is 23.5 Å². The van der Waals surface area contributed by atoms with Gasteiger partial charge in [-0.05, 0) is 12.3 Å². The molecule has 2 aromatic heterocycles. The number of ether oxygens (including phenoxy) is 1. The van der Waals surface area contributed by atoms with Gasteiger partial charge in [-0.15, -0.1) is 0 Å². The Balaban J connectivity index is 1.65. The predicted molar refractivity (Wildman–Crippen MR) is 102 cm³/mol. The highest BCUT2D eigenvalue weighted by atomic mass is 31.3. The predicted octanol–water partition coefficient (Wildman–Crippen LogP) is 1.13. The van der Waals surface area contributed by atoms with Gasteiger partial charge in [0.05, 0.1) is 19.0 Å². The zero-order valence-corrected chi connectivity index (χ0v) is 18.8. The molecule has 1 saturated heterocycles. The summed E-state index contributed by atoms with van der Waals surface area (Å²) < 4.78 is 53.5. The van der Waals surface area contributed by atoms with Crippen molar-refractivity contribution in [2.45, 2.75) is 25.7 Å². The average molecular weight is 503 g/mol. The first-order valence-corrected chi connectivity index (χ1v) is 13.1. The number of anilines is 1. The van der Waals surface area contributed by atoms with Gasteiger partial charge in [-0.25, -0.2) is 28.6 Å². The molecule has 2 aromatic rings. The van der Waals surface area contributed by atoms with Crippen molar-refractivity contribution >= 4 is 40.4 Å². The van der Waals surface area contributed by atoms with Gasteiger partial charge in [0, 0.05) is 7.05 Å². The molecule has 0 radical (unpaired) electrons. The molecule has 5 atom stereocenters. The highest BCUT2D eigenvalue weighted by Crippen LogP contribution is 2.66. The van der Waals surface area contributed by atoms with E-state index in [1.807, 2.05) is 0 Å². The first kappa shape index (κ1) is 24.4. The maximum Gasteiger partial charge on any atom is 0.490 e. The molecule has 1 fully saturated rings. The van der Waals surface area contributed by atoms with Gasteiger partial charge in [-0.3, -0.25) is 9.09 Å². The Bertz CT molecular complexity index is 1090. The van der Waals surface area contributed by atoms with Gasteiger partial charge < -0.3 is 29.6 Å². The molecule has 0 saturated carbocycles. The Labute approximate surface area is 175 Å². The van der Waals surface area contributed by atoms with Crippen LogP contribution in [0.2, 0.25) is 0 Å². The van der Waals surface area contributed by atoms with E-state index >= 15 is 0 Å². The number of aromatic nitrogens is 4. The summed E-state index contributed by atoms with van der Waals surface area (Å²) in [6.07, 6.45) is 2.08. The topological polar surface area (TPSA) is 225 Å². The van der Waals surface area contributed by atoms with E-state index in [1.54, 1.807) is 18.5 Å². The standard InChI is InChI=1S/C12H20N5O11P3/c1-7-3-9(17-6-16-10-11(13-2)14-5-15-12(10)17)26-8(7)4-25-30(21,22)28-31(23,24)27-29(18,19)20/h5-9H,3-4H2,1-2H3,(H,21,22)(H,23,24)(H,13,14,15)(H2,18,19,20). The molecular weight excluding hydrogens is 483 g/mol. The van der Waals surface area contributed by atoms with Gasteiger partial charge in [-0.2, -0.15) is 8.62 Å². The lowest BCUT2D eigenvalue weighted by atomic mass is 10.0. The molecule has 31 heavy (non-hydrogen) atoms. The minimum atomic E-state index is -5.57. The zero-order valence-electron chi connectivity index (χ0n) is 16.1. The summed E-state index contributed by atoms with van der Waals surface area (Å²) in [7, 11) is -14.6. The summed E-state index contributed by atoms with van der Waals surface area (Å²) in [6, 6.07) is 0. The van der Waals surface area contributed by atoms with Crippen molar-refractivity contribution in [1.82, 2.24) is 19.5 Å². The third kappa shape index (κ3) is 6.15. The van der Waals surface area contributed by atoms with E-state index in [0.717, 1.165) is 0 Å². The molecule has 16 nitrogen and oxygen atoms in total. The molecule has 0 aromatic carbocycles. The Kier molecular flexibility index (Phi) is 7.02. The number of imidazole rings is 1. The number of nitrogens with zero attached hydrogens (tertiary/aromatic N) is 4. The first-order valence-electron chi connectivity index (χ1n) is 8.59. The quantitative estimate of drug-likeness (QED) is 0.302. The highest BCUT2D eigenvalue weighted by molar-refractivity contribution is 7.66. The Hall–Kier alpha value is -1.28. The molecule has 174 valence electrons. The fourth-order valence-electron chi connectivity index (χ4n) is 2.96. The van der Waals surface area contributed by atoms with Gasteiger partial charge in [0.15, 0.2) is 11.5 Å². The number of hydrogen-bond donors (Lipinski definition) is 5. The summed E-state index contributed by atoms with van der Waals surface area (Å²) in [5.74, 6) is 0.347. The summed E-state index contributed by atoms with van der Waals surface area (Å²) in [6.45, 7) is 1.27. The monoisotopic (exact) mass is 503 g/mol. The van der Waals surface area contributed by atoms with Gasteiger partial charge in [0.1, 0.15) is 18.1 Å². The highest BCUT2D eigenvalue weighted by Gasteiger charge is 2.42. The van der Waals surface area contributed by atoms with Gasteiger partial charge in [0.25, 0.3) is 0 Å². The van der Waals surface area contributed by atoms with Crippen molar-refractivity contribution in [1.29, 1.82) is 0 Å². The molecule has 0 bridgehead atoms. The van der Waals surface area contributed by atoms with Crippen molar-refractivity contribution in [3.8, 4) is 0 Å². The number of hydrogen-bond acceptors (Lipinski definition) is 11. The molecular formula is C12H20N5O11P3. The number of fused-ring (bicyclic) bond motifs is 1. The summed E-state index contributed by atoms with van der Waals surface area (Å²) in [5, 5.41) is 2.90. The van der Waals surface area contributed by atoms with Crippen LogP contribution in [0.1, 0.15) is 19.6 Å². The summed E-state index contributed by atoms with van der Waals surface area (Å²) in [4.78, 5) is 48.4. The number of phosphoric ester groups is 1. The van der Waals surface area contributed by atoms with Crippen LogP contribution in [0.3, 0.4) is 0 Å². The molecule has 0 spiro atoms. The van der Waals surface area contributed by atoms with Crippen LogP contribution in [0, 0.1) is 5.92 Å². The van der Waals surface area contributed by atoms with E-state index in [1.165, 1.54) is 12.7 Å².